The number of carbonyl (C=O) groups is 2. The lowest BCUT2D eigenvalue weighted by Crippen LogP contribution is -2.48. The van der Waals surface area contributed by atoms with Crippen molar-refractivity contribution in [2.75, 3.05) is 13.1 Å². The van der Waals surface area contributed by atoms with E-state index in [1.54, 1.807) is 21.9 Å². The average molecular weight is 580 g/mol. The molecule has 9 heteroatoms. The highest BCUT2D eigenvalue weighted by atomic mass is 35.5. The highest BCUT2D eigenvalue weighted by Gasteiger charge is 2.59. The Morgan fingerprint density at radius 1 is 1.07 bits per heavy atom. The second kappa shape index (κ2) is 10.5. The Kier molecular flexibility index (Phi) is 7.07. The van der Waals surface area contributed by atoms with Gasteiger partial charge >= 0.3 is 0 Å². The van der Waals surface area contributed by atoms with Gasteiger partial charge in [0.25, 0.3) is 0 Å². The molecule has 6 nitrogen and oxygen atoms in total. The normalized spacial score (nSPS) is 22.9. The topological polar surface area (TPSA) is 76.6 Å². The Labute approximate surface area is 241 Å². The lowest BCUT2D eigenvalue weighted by atomic mass is 9.71. The third-order valence-corrected chi connectivity index (χ3v) is 8.71. The maximum Gasteiger partial charge on any atom is 0.232 e. The Morgan fingerprint density at radius 2 is 1.88 bits per heavy atom. The number of nitrogens with one attached hydrogen (secondary N) is 1. The molecule has 3 heterocycles. The smallest absolute Gasteiger partial charge is 0.232 e. The van der Waals surface area contributed by atoms with Crippen LogP contribution in [0.1, 0.15) is 35.6 Å². The quantitative estimate of drug-likeness (QED) is 0.298. The van der Waals surface area contributed by atoms with Gasteiger partial charge in [0.2, 0.25) is 11.8 Å². The van der Waals surface area contributed by atoms with Gasteiger partial charge in [-0.1, -0.05) is 65.7 Å². The number of halogens is 3. The Hall–Kier alpha value is -3.39. The molecular formula is C31H28Cl2FN3O3. The number of nitrogens with zero attached hydrogens (tertiary/aromatic N) is 2. The number of fused-ring (bicyclic) bond motifs is 1. The number of aliphatic hydroxyl groups excluding tert-OH is 1. The van der Waals surface area contributed by atoms with Crippen LogP contribution in [0.3, 0.4) is 0 Å². The number of aromatic nitrogens is 1. The molecule has 0 unspecified atom stereocenters. The zero-order chi connectivity index (χ0) is 28.0. The molecule has 2 aliphatic rings. The summed E-state index contributed by atoms with van der Waals surface area (Å²) in [6.45, 7) is 0.746. The minimum atomic E-state index is -1.16. The van der Waals surface area contributed by atoms with Crippen molar-refractivity contribution < 1.29 is 19.1 Å². The van der Waals surface area contributed by atoms with Crippen molar-refractivity contribution in [3.05, 3.63) is 105 Å². The number of aromatic amines is 1. The molecule has 3 aromatic carbocycles. The molecule has 1 aromatic heterocycles. The fourth-order valence-electron chi connectivity index (χ4n) is 6.37. The Morgan fingerprint density at radius 3 is 2.60 bits per heavy atom. The Bertz CT molecular complexity index is 1590. The predicted octanol–water partition coefficient (Wildman–Crippen LogP) is 5.91. The molecule has 0 radical (unpaired) electrons. The average Bonchev–Trinajstić information content (AvgIpc) is 3.62. The number of rotatable bonds is 6. The highest BCUT2D eigenvalue weighted by molar-refractivity contribution is 6.31. The fraction of sp³-hybridized carbons (Fsp3) is 0.290. The van der Waals surface area contributed by atoms with Crippen molar-refractivity contribution in [1.82, 2.24) is 14.8 Å². The standard InChI is InChI=1S/C31H28Cl2FN3O3/c32-21-7-8-23-24(16-35-27(23)13-21)29-31(14-19-4-2-1-3-5-19,30(40)36-11-10-22(38)18-36)15-28(39)37(29)17-20-6-9-25(33)26(34)12-20/h1-9,12-13,16,22,29,35,38H,10-11,14-15,17-18H2/t22-,29-,31+/m0/s1. The summed E-state index contributed by atoms with van der Waals surface area (Å²) in [5.74, 6) is -0.936. The van der Waals surface area contributed by atoms with Gasteiger partial charge in [-0.15, -0.1) is 0 Å². The summed E-state index contributed by atoms with van der Waals surface area (Å²) in [7, 11) is 0. The summed E-state index contributed by atoms with van der Waals surface area (Å²) in [5, 5.41) is 11.7. The molecule has 2 N–H and O–H groups in total. The van der Waals surface area contributed by atoms with E-state index in [2.05, 4.69) is 4.98 Å². The van der Waals surface area contributed by atoms with E-state index in [1.807, 2.05) is 48.7 Å². The number of β-amino-alcohol motifs (C(OH)–C–C–N with tert-alkyl or cyclic N) is 1. The van der Waals surface area contributed by atoms with Gasteiger partial charge in [-0.2, -0.15) is 0 Å². The van der Waals surface area contributed by atoms with Gasteiger partial charge in [0, 0.05) is 53.7 Å². The molecule has 4 aromatic rings. The number of hydrogen-bond acceptors (Lipinski definition) is 3. The summed E-state index contributed by atoms with van der Waals surface area (Å²) in [5.41, 5.74) is 1.91. The first-order chi connectivity index (χ1) is 19.2. The second-order valence-electron chi connectivity index (χ2n) is 10.8. The van der Waals surface area contributed by atoms with E-state index in [0.29, 0.717) is 30.0 Å². The third-order valence-electron chi connectivity index (χ3n) is 8.17. The SMILES string of the molecule is O=C1C[C@@](Cc2ccccc2)(C(=O)N2CC[C@H](O)C2)[C@H](c2c[nH]c3cc(Cl)ccc23)N1Cc1ccc(Cl)c(F)c1. The summed E-state index contributed by atoms with van der Waals surface area (Å²) in [6.07, 6.45) is 2.03. The third kappa shape index (κ3) is 4.76. The van der Waals surface area contributed by atoms with Crippen molar-refractivity contribution in [2.45, 2.75) is 38.0 Å². The minimum Gasteiger partial charge on any atom is -0.391 e. The van der Waals surface area contributed by atoms with E-state index in [4.69, 9.17) is 23.2 Å². The number of benzene rings is 3. The molecule has 2 aliphatic heterocycles. The number of amides is 2. The molecule has 0 aliphatic carbocycles. The molecule has 0 saturated carbocycles. The van der Waals surface area contributed by atoms with Crippen LogP contribution in [0.4, 0.5) is 4.39 Å². The van der Waals surface area contributed by atoms with E-state index in [9.17, 15) is 19.1 Å². The first-order valence-electron chi connectivity index (χ1n) is 13.3. The summed E-state index contributed by atoms with van der Waals surface area (Å²) < 4.78 is 14.4. The molecule has 40 heavy (non-hydrogen) atoms. The zero-order valence-electron chi connectivity index (χ0n) is 21.6. The number of hydrogen-bond donors (Lipinski definition) is 2. The van der Waals surface area contributed by atoms with Crippen LogP contribution in [-0.4, -0.2) is 50.9 Å². The molecule has 2 amide bonds. The largest absolute Gasteiger partial charge is 0.391 e. The van der Waals surface area contributed by atoms with Crippen molar-refractivity contribution in [2.24, 2.45) is 5.41 Å². The summed E-state index contributed by atoms with van der Waals surface area (Å²) in [6, 6.07) is 19.0. The van der Waals surface area contributed by atoms with Gasteiger partial charge in [-0.25, -0.2) is 4.39 Å². The van der Waals surface area contributed by atoms with Gasteiger partial charge < -0.3 is 19.9 Å². The van der Waals surface area contributed by atoms with Gasteiger partial charge in [0.1, 0.15) is 5.82 Å². The molecule has 0 spiro atoms. The summed E-state index contributed by atoms with van der Waals surface area (Å²) >= 11 is 12.2. The summed E-state index contributed by atoms with van der Waals surface area (Å²) in [4.78, 5) is 35.2. The predicted molar refractivity (Wildman–Crippen MR) is 152 cm³/mol. The maximum atomic E-state index is 14.6. The van der Waals surface area contributed by atoms with Gasteiger partial charge in [0.15, 0.2) is 0 Å². The van der Waals surface area contributed by atoms with E-state index in [-0.39, 0.29) is 36.3 Å². The second-order valence-corrected chi connectivity index (χ2v) is 11.6. The lowest BCUT2D eigenvalue weighted by molar-refractivity contribution is -0.143. The molecule has 2 saturated heterocycles. The number of H-pyrrole nitrogens is 1. The van der Waals surface area contributed by atoms with Crippen LogP contribution < -0.4 is 0 Å². The van der Waals surface area contributed by atoms with Gasteiger partial charge in [-0.3, -0.25) is 9.59 Å². The minimum absolute atomic E-state index is 0.00255. The van der Waals surface area contributed by atoms with E-state index >= 15 is 0 Å². The van der Waals surface area contributed by atoms with E-state index < -0.39 is 23.4 Å². The number of carbonyl (C=O) groups excluding carboxylic acids is 2. The van der Waals surface area contributed by atoms with E-state index in [0.717, 1.165) is 22.0 Å². The molecule has 206 valence electrons. The number of aliphatic hydroxyl groups is 1. The van der Waals surface area contributed by atoms with Crippen LogP contribution in [0.5, 0.6) is 0 Å². The van der Waals surface area contributed by atoms with Crippen molar-refractivity contribution in [3.8, 4) is 0 Å². The van der Waals surface area contributed by atoms with Crippen molar-refractivity contribution >= 4 is 45.9 Å². The molecule has 6 rings (SSSR count). The molecule has 3 atom stereocenters. The monoisotopic (exact) mass is 579 g/mol. The van der Waals surface area contributed by atoms with Crippen LogP contribution in [0.25, 0.3) is 10.9 Å². The van der Waals surface area contributed by atoms with Crippen LogP contribution in [0, 0.1) is 11.2 Å². The van der Waals surface area contributed by atoms with Crippen LogP contribution >= 0.6 is 23.2 Å². The first kappa shape index (κ1) is 26.8. The van der Waals surface area contributed by atoms with E-state index in [1.165, 1.54) is 12.1 Å². The first-order valence-corrected chi connectivity index (χ1v) is 14.0. The van der Waals surface area contributed by atoms with Crippen LogP contribution in [-0.2, 0) is 22.6 Å². The lowest BCUT2D eigenvalue weighted by Gasteiger charge is -2.39. The maximum absolute atomic E-state index is 14.6. The highest BCUT2D eigenvalue weighted by Crippen LogP contribution is 2.53. The van der Waals surface area contributed by atoms with Crippen molar-refractivity contribution in [3.63, 3.8) is 0 Å². The van der Waals surface area contributed by atoms with Crippen LogP contribution in [0.15, 0.2) is 72.9 Å². The number of likely N-dealkylation sites (tertiary alicyclic amines) is 2. The molecule has 2 fully saturated rings. The van der Waals surface area contributed by atoms with Gasteiger partial charge in [0.05, 0.1) is 22.6 Å². The van der Waals surface area contributed by atoms with Crippen LogP contribution in [0.2, 0.25) is 10.0 Å². The molecular weight excluding hydrogens is 552 g/mol. The Balaban J connectivity index is 1.53. The zero-order valence-corrected chi connectivity index (χ0v) is 23.1. The fourth-order valence-corrected chi connectivity index (χ4v) is 6.66. The van der Waals surface area contributed by atoms with Crippen molar-refractivity contribution in [1.29, 1.82) is 0 Å². The van der Waals surface area contributed by atoms with Gasteiger partial charge in [-0.05, 0) is 48.2 Å². The molecule has 0 bridgehead atoms.